The quantitative estimate of drug-likeness (QED) is 0.607. The second-order valence-corrected chi connectivity index (χ2v) is 5.83. The SMILES string of the molecule is CCOC(=O)c1c(-c2ccccc2)oc2ccc(O[C@@H](C)C(=O)OC)cc12. The van der Waals surface area contributed by atoms with Gasteiger partial charge in [0.15, 0.2) is 6.10 Å². The average molecular weight is 368 g/mol. The van der Waals surface area contributed by atoms with Gasteiger partial charge in [0, 0.05) is 10.9 Å². The van der Waals surface area contributed by atoms with Crippen LogP contribution in [0.5, 0.6) is 5.75 Å². The Labute approximate surface area is 156 Å². The monoisotopic (exact) mass is 368 g/mol. The molecule has 27 heavy (non-hydrogen) atoms. The second-order valence-electron chi connectivity index (χ2n) is 5.83. The maximum absolute atomic E-state index is 12.6. The number of methoxy groups -OCH3 is 1. The summed E-state index contributed by atoms with van der Waals surface area (Å²) in [7, 11) is 1.30. The fourth-order valence-electron chi connectivity index (χ4n) is 2.77. The van der Waals surface area contributed by atoms with Crippen LogP contribution in [0, 0.1) is 0 Å². The second kappa shape index (κ2) is 7.95. The minimum absolute atomic E-state index is 0.245. The first kappa shape index (κ1) is 18.5. The molecule has 0 amide bonds. The zero-order valence-electron chi connectivity index (χ0n) is 15.4. The highest BCUT2D eigenvalue weighted by atomic mass is 16.6. The lowest BCUT2D eigenvalue weighted by molar-refractivity contribution is -0.147. The van der Waals surface area contributed by atoms with Crippen molar-refractivity contribution in [3.63, 3.8) is 0 Å². The number of benzene rings is 2. The Morgan fingerprint density at radius 2 is 1.85 bits per heavy atom. The summed E-state index contributed by atoms with van der Waals surface area (Å²) in [5.74, 6) is -0.111. The molecule has 3 aromatic rings. The van der Waals surface area contributed by atoms with Gasteiger partial charge in [0.1, 0.15) is 22.7 Å². The van der Waals surface area contributed by atoms with Crippen molar-refractivity contribution in [1.82, 2.24) is 0 Å². The van der Waals surface area contributed by atoms with Gasteiger partial charge in [0.05, 0.1) is 13.7 Å². The molecular formula is C21H20O6. The molecule has 140 valence electrons. The molecule has 0 unspecified atom stereocenters. The number of carbonyl (C=O) groups is 2. The lowest BCUT2D eigenvalue weighted by Crippen LogP contribution is -2.24. The Balaban J connectivity index is 2.10. The summed E-state index contributed by atoms with van der Waals surface area (Å²) < 4.78 is 21.4. The Kier molecular flexibility index (Phi) is 5.45. The van der Waals surface area contributed by atoms with Crippen molar-refractivity contribution in [1.29, 1.82) is 0 Å². The summed E-state index contributed by atoms with van der Waals surface area (Å²) in [6.07, 6.45) is -0.779. The van der Waals surface area contributed by atoms with Gasteiger partial charge in [-0.1, -0.05) is 30.3 Å². The first-order valence-electron chi connectivity index (χ1n) is 8.58. The van der Waals surface area contributed by atoms with E-state index >= 15 is 0 Å². The van der Waals surface area contributed by atoms with Gasteiger partial charge >= 0.3 is 11.9 Å². The molecule has 0 aliphatic rings. The van der Waals surface area contributed by atoms with Crippen molar-refractivity contribution >= 4 is 22.9 Å². The molecule has 6 heteroatoms. The standard InChI is InChI=1S/C21H20O6/c1-4-25-21(23)18-16-12-15(26-13(2)20(22)24-3)10-11-17(16)27-19(18)14-8-6-5-7-9-14/h5-13H,4H2,1-3H3/t13-/m0/s1. The number of fused-ring (bicyclic) bond motifs is 1. The van der Waals surface area contributed by atoms with Crippen molar-refractivity contribution in [3.05, 3.63) is 54.1 Å². The normalized spacial score (nSPS) is 11.8. The van der Waals surface area contributed by atoms with Gasteiger partial charge in [-0.3, -0.25) is 0 Å². The van der Waals surface area contributed by atoms with E-state index in [0.717, 1.165) is 5.56 Å². The molecule has 0 fully saturated rings. The van der Waals surface area contributed by atoms with Crippen LogP contribution in [0.2, 0.25) is 0 Å². The van der Waals surface area contributed by atoms with Crippen molar-refractivity contribution < 1.29 is 28.2 Å². The molecule has 0 bridgehead atoms. The first-order valence-corrected chi connectivity index (χ1v) is 8.58. The number of hydrogen-bond donors (Lipinski definition) is 0. The van der Waals surface area contributed by atoms with E-state index in [1.165, 1.54) is 7.11 Å². The molecule has 0 saturated heterocycles. The van der Waals surface area contributed by atoms with E-state index in [1.807, 2.05) is 30.3 Å². The Hall–Kier alpha value is -3.28. The van der Waals surface area contributed by atoms with Crippen LogP contribution >= 0.6 is 0 Å². The minimum atomic E-state index is -0.779. The van der Waals surface area contributed by atoms with Crippen molar-refractivity contribution in [2.45, 2.75) is 20.0 Å². The van der Waals surface area contributed by atoms with Gasteiger partial charge in [0.2, 0.25) is 0 Å². The average Bonchev–Trinajstić information content (AvgIpc) is 3.07. The summed E-state index contributed by atoms with van der Waals surface area (Å²) >= 11 is 0. The highest BCUT2D eigenvalue weighted by Crippen LogP contribution is 2.36. The van der Waals surface area contributed by atoms with Crippen LogP contribution in [0.1, 0.15) is 24.2 Å². The van der Waals surface area contributed by atoms with Crippen LogP contribution in [0.15, 0.2) is 52.9 Å². The summed E-state index contributed by atoms with van der Waals surface area (Å²) in [6, 6.07) is 14.4. The summed E-state index contributed by atoms with van der Waals surface area (Å²) in [5, 5.41) is 0.557. The number of esters is 2. The molecule has 1 heterocycles. The molecule has 6 nitrogen and oxygen atoms in total. The zero-order chi connectivity index (χ0) is 19.4. The van der Waals surface area contributed by atoms with Gasteiger partial charge in [-0.05, 0) is 32.0 Å². The number of furan rings is 1. The molecule has 0 aliphatic heterocycles. The predicted octanol–water partition coefficient (Wildman–Crippen LogP) is 4.22. The molecule has 0 radical (unpaired) electrons. The van der Waals surface area contributed by atoms with E-state index in [0.29, 0.717) is 28.0 Å². The third-order valence-electron chi connectivity index (χ3n) is 4.02. The Morgan fingerprint density at radius 1 is 1.11 bits per heavy atom. The molecule has 3 rings (SSSR count). The fourth-order valence-corrected chi connectivity index (χ4v) is 2.77. The van der Waals surface area contributed by atoms with E-state index in [1.54, 1.807) is 32.0 Å². The van der Waals surface area contributed by atoms with Crippen molar-refractivity contribution in [2.75, 3.05) is 13.7 Å². The van der Waals surface area contributed by atoms with Crippen LogP contribution in [-0.2, 0) is 14.3 Å². The summed E-state index contributed by atoms with van der Waals surface area (Å²) in [4.78, 5) is 24.2. The third kappa shape index (κ3) is 3.79. The Bertz CT molecular complexity index is 957. The molecule has 2 aromatic carbocycles. The van der Waals surface area contributed by atoms with Crippen LogP contribution in [0.4, 0.5) is 0 Å². The molecule has 0 spiro atoms. The molecule has 1 atom stereocenters. The highest BCUT2D eigenvalue weighted by molar-refractivity contribution is 6.09. The number of rotatable bonds is 6. The summed E-state index contributed by atoms with van der Waals surface area (Å²) in [6.45, 7) is 3.58. The van der Waals surface area contributed by atoms with Crippen LogP contribution in [0.25, 0.3) is 22.3 Å². The van der Waals surface area contributed by atoms with Gasteiger partial charge in [0.25, 0.3) is 0 Å². The van der Waals surface area contributed by atoms with E-state index in [9.17, 15) is 9.59 Å². The van der Waals surface area contributed by atoms with Gasteiger partial charge < -0.3 is 18.6 Å². The fraction of sp³-hybridized carbons (Fsp3) is 0.238. The van der Waals surface area contributed by atoms with Gasteiger partial charge in [-0.25, -0.2) is 9.59 Å². The summed E-state index contributed by atoms with van der Waals surface area (Å²) in [5.41, 5.74) is 1.62. The number of hydrogen-bond acceptors (Lipinski definition) is 6. The largest absolute Gasteiger partial charge is 0.479 e. The van der Waals surface area contributed by atoms with Crippen LogP contribution < -0.4 is 4.74 Å². The molecular weight excluding hydrogens is 348 g/mol. The molecule has 0 saturated carbocycles. The highest BCUT2D eigenvalue weighted by Gasteiger charge is 2.24. The van der Waals surface area contributed by atoms with Crippen molar-refractivity contribution in [3.8, 4) is 17.1 Å². The van der Waals surface area contributed by atoms with Crippen LogP contribution in [0.3, 0.4) is 0 Å². The topological polar surface area (TPSA) is 75.0 Å². The maximum Gasteiger partial charge on any atom is 0.346 e. The third-order valence-corrected chi connectivity index (χ3v) is 4.02. The smallest absolute Gasteiger partial charge is 0.346 e. The molecule has 1 aromatic heterocycles. The molecule has 0 aliphatic carbocycles. The van der Waals surface area contributed by atoms with Crippen molar-refractivity contribution in [2.24, 2.45) is 0 Å². The molecule has 0 N–H and O–H groups in total. The number of ether oxygens (including phenoxy) is 3. The number of carbonyl (C=O) groups excluding carboxylic acids is 2. The maximum atomic E-state index is 12.6. The lowest BCUT2D eigenvalue weighted by atomic mass is 10.1. The minimum Gasteiger partial charge on any atom is -0.479 e. The van der Waals surface area contributed by atoms with E-state index in [-0.39, 0.29) is 6.61 Å². The van der Waals surface area contributed by atoms with E-state index in [2.05, 4.69) is 4.74 Å². The van der Waals surface area contributed by atoms with Gasteiger partial charge in [-0.15, -0.1) is 0 Å². The van der Waals surface area contributed by atoms with E-state index < -0.39 is 18.0 Å². The zero-order valence-corrected chi connectivity index (χ0v) is 15.4. The van der Waals surface area contributed by atoms with E-state index in [4.69, 9.17) is 13.9 Å². The predicted molar refractivity (Wildman–Crippen MR) is 99.7 cm³/mol. The lowest BCUT2D eigenvalue weighted by Gasteiger charge is -2.12. The first-order chi connectivity index (χ1) is 13.0. The Morgan fingerprint density at radius 3 is 2.52 bits per heavy atom. The van der Waals surface area contributed by atoms with Gasteiger partial charge in [-0.2, -0.15) is 0 Å². The van der Waals surface area contributed by atoms with Crippen LogP contribution in [-0.4, -0.2) is 31.8 Å².